The zero-order valence-electron chi connectivity index (χ0n) is 8.84. The average molecular weight is 200 g/mol. The highest BCUT2D eigenvalue weighted by Crippen LogP contribution is 1.97. The van der Waals surface area contributed by atoms with E-state index in [2.05, 4.69) is 10.6 Å². The van der Waals surface area contributed by atoms with Crippen LogP contribution in [0.2, 0.25) is 0 Å². The van der Waals surface area contributed by atoms with Crippen LogP contribution in [-0.4, -0.2) is 25.4 Å². The monoisotopic (exact) mass is 200 g/mol. The molecule has 0 aliphatic heterocycles. The molecule has 0 saturated carbocycles. The third kappa shape index (κ3) is 9.03. The van der Waals surface area contributed by atoms with Crippen LogP contribution in [0.5, 0.6) is 0 Å². The van der Waals surface area contributed by atoms with Gasteiger partial charge in [0.2, 0.25) is 12.3 Å². The van der Waals surface area contributed by atoms with Crippen LogP contribution in [-0.2, 0) is 9.59 Å². The number of hydrogen-bond acceptors (Lipinski definition) is 2. The van der Waals surface area contributed by atoms with Crippen molar-refractivity contribution < 1.29 is 9.59 Å². The zero-order chi connectivity index (χ0) is 10.6. The van der Waals surface area contributed by atoms with E-state index >= 15 is 0 Å². The highest BCUT2D eigenvalue weighted by Gasteiger charge is 1.94. The van der Waals surface area contributed by atoms with Gasteiger partial charge in [-0.1, -0.05) is 19.8 Å². The first-order chi connectivity index (χ1) is 6.81. The second kappa shape index (κ2) is 10.0. The molecule has 0 radical (unpaired) electrons. The van der Waals surface area contributed by atoms with Crippen LogP contribution in [0, 0.1) is 0 Å². The van der Waals surface area contributed by atoms with E-state index in [1.54, 1.807) is 0 Å². The fourth-order valence-corrected chi connectivity index (χ4v) is 1.12. The quantitative estimate of drug-likeness (QED) is 0.427. The number of carbonyl (C=O) groups is 2. The molecule has 0 aromatic carbocycles. The first-order valence-electron chi connectivity index (χ1n) is 5.25. The first kappa shape index (κ1) is 12.9. The van der Waals surface area contributed by atoms with Crippen molar-refractivity contribution >= 4 is 12.3 Å². The standard InChI is InChI=1S/C10H20N2O2/c1-2-10(14)12-8-6-4-3-5-7-11-9-13/h9H,2-8H2,1H3,(H,11,13)(H,12,14). The Kier molecular flexibility index (Phi) is 9.26. The van der Waals surface area contributed by atoms with E-state index in [-0.39, 0.29) is 5.91 Å². The lowest BCUT2D eigenvalue weighted by molar-refractivity contribution is -0.120. The summed E-state index contributed by atoms with van der Waals surface area (Å²) in [6, 6.07) is 0. The van der Waals surface area contributed by atoms with Gasteiger partial charge >= 0.3 is 0 Å². The summed E-state index contributed by atoms with van der Waals surface area (Å²) in [5.41, 5.74) is 0. The van der Waals surface area contributed by atoms with E-state index in [1.807, 2.05) is 6.92 Å². The molecule has 0 atom stereocenters. The second-order valence-electron chi connectivity index (χ2n) is 3.19. The fraction of sp³-hybridized carbons (Fsp3) is 0.800. The number of hydrogen-bond donors (Lipinski definition) is 2. The van der Waals surface area contributed by atoms with Crippen LogP contribution in [0.4, 0.5) is 0 Å². The molecule has 0 spiro atoms. The van der Waals surface area contributed by atoms with Crippen molar-refractivity contribution in [1.29, 1.82) is 0 Å². The smallest absolute Gasteiger partial charge is 0.219 e. The fourth-order valence-electron chi connectivity index (χ4n) is 1.12. The van der Waals surface area contributed by atoms with Gasteiger partial charge in [0.15, 0.2) is 0 Å². The topological polar surface area (TPSA) is 58.2 Å². The molecular weight excluding hydrogens is 180 g/mol. The largest absolute Gasteiger partial charge is 0.359 e. The van der Waals surface area contributed by atoms with E-state index in [4.69, 9.17) is 0 Å². The Morgan fingerprint density at radius 1 is 1.14 bits per heavy atom. The Morgan fingerprint density at radius 2 is 1.79 bits per heavy atom. The van der Waals surface area contributed by atoms with Crippen molar-refractivity contribution in [1.82, 2.24) is 10.6 Å². The maximum atomic E-state index is 10.8. The van der Waals surface area contributed by atoms with Crippen molar-refractivity contribution in [3.8, 4) is 0 Å². The molecule has 0 aromatic rings. The molecule has 0 aliphatic carbocycles. The highest BCUT2D eigenvalue weighted by atomic mass is 16.1. The zero-order valence-corrected chi connectivity index (χ0v) is 8.84. The minimum Gasteiger partial charge on any atom is -0.359 e. The number of carbonyl (C=O) groups excluding carboxylic acids is 2. The summed E-state index contributed by atoms with van der Waals surface area (Å²) >= 11 is 0. The summed E-state index contributed by atoms with van der Waals surface area (Å²) in [6.45, 7) is 3.37. The van der Waals surface area contributed by atoms with Crippen LogP contribution < -0.4 is 10.6 Å². The van der Waals surface area contributed by atoms with E-state index in [9.17, 15) is 9.59 Å². The van der Waals surface area contributed by atoms with Crippen molar-refractivity contribution in [2.45, 2.75) is 39.0 Å². The van der Waals surface area contributed by atoms with E-state index in [1.165, 1.54) is 0 Å². The molecule has 4 nitrogen and oxygen atoms in total. The summed E-state index contributed by atoms with van der Waals surface area (Å²) in [4.78, 5) is 20.7. The molecular formula is C10H20N2O2. The SMILES string of the molecule is CCC(=O)NCCCCCCNC=O. The molecule has 0 rings (SSSR count). The Bertz CT molecular complexity index is 160. The maximum absolute atomic E-state index is 10.8. The van der Waals surface area contributed by atoms with E-state index in [0.29, 0.717) is 6.42 Å². The Labute approximate surface area is 85.4 Å². The molecule has 2 N–H and O–H groups in total. The molecule has 0 bridgehead atoms. The van der Waals surface area contributed by atoms with Crippen molar-refractivity contribution in [2.24, 2.45) is 0 Å². The number of nitrogens with one attached hydrogen (secondary N) is 2. The van der Waals surface area contributed by atoms with Crippen LogP contribution in [0.1, 0.15) is 39.0 Å². The van der Waals surface area contributed by atoms with E-state index in [0.717, 1.165) is 45.2 Å². The number of rotatable bonds is 9. The predicted molar refractivity (Wildman–Crippen MR) is 55.8 cm³/mol. The van der Waals surface area contributed by atoms with Gasteiger partial charge in [0.05, 0.1) is 0 Å². The van der Waals surface area contributed by atoms with Gasteiger partial charge in [0.25, 0.3) is 0 Å². The van der Waals surface area contributed by atoms with Gasteiger partial charge in [0.1, 0.15) is 0 Å². The molecule has 2 amide bonds. The maximum Gasteiger partial charge on any atom is 0.219 e. The van der Waals surface area contributed by atoms with Crippen molar-refractivity contribution in [3.05, 3.63) is 0 Å². The van der Waals surface area contributed by atoms with Gasteiger partial charge in [-0.15, -0.1) is 0 Å². The summed E-state index contributed by atoms with van der Waals surface area (Å²) in [7, 11) is 0. The molecule has 0 aliphatic rings. The Balaban J connectivity index is 2.98. The third-order valence-corrected chi connectivity index (χ3v) is 1.97. The van der Waals surface area contributed by atoms with Crippen LogP contribution in [0.25, 0.3) is 0 Å². The molecule has 0 saturated heterocycles. The van der Waals surface area contributed by atoms with Crippen LogP contribution in [0.15, 0.2) is 0 Å². The minimum absolute atomic E-state index is 0.118. The summed E-state index contributed by atoms with van der Waals surface area (Å²) < 4.78 is 0. The van der Waals surface area contributed by atoms with Crippen molar-refractivity contribution in [2.75, 3.05) is 13.1 Å². The molecule has 82 valence electrons. The molecule has 0 heterocycles. The molecule has 0 unspecified atom stereocenters. The van der Waals surface area contributed by atoms with Crippen molar-refractivity contribution in [3.63, 3.8) is 0 Å². The van der Waals surface area contributed by atoms with Crippen LogP contribution in [0.3, 0.4) is 0 Å². The third-order valence-electron chi connectivity index (χ3n) is 1.97. The Hall–Kier alpha value is -1.06. The second-order valence-corrected chi connectivity index (χ2v) is 3.19. The van der Waals surface area contributed by atoms with Gasteiger partial charge in [0, 0.05) is 19.5 Å². The molecule has 4 heteroatoms. The molecule has 14 heavy (non-hydrogen) atoms. The van der Waals surface area contributed by atoms with Gasteiger partial charge in [-0.05, 0) is 12.8 Å². The van der Waals surface area contributed by atoms with Gasteiger partial charge in [-0.3, -0.25) is 9.59 Å². The first-order valence-corrected chi connectivity index (χ1v) is 5.25. The highest BCUT2D eigenvalue weighted by molar-refractivity contribution is 5.75. The predicted octanol–water partition coefficient (Wildman–Crippen LogP) is 0.819. The Morgan fingerprint density at radius 3 is 2.36 bits per heavy atom. The summed E-state index contributed by atoms with van der Waals surface area (Å²) in [5.74, 6) is 0.118. The van der Waals surface area contributed by atoms with Gasteiger partial charge in [-0.2, -0.15) is 0 Å². The molecule has 0 fully saturated rings. The summed E-state index contributed by atoms with van der Waals surface area (Å²) in [6.07, 6.45) is 5.52. The minimum atomic E-state index is 0.118. The lowest BCUT2D eigenvalue weighted by Gasteiger charge is -2.03. The lowest BCUT2D eigenvalue weighted by atomic mass is 10.2. The van der Waals surface area contributed by atoms with Crippen LogP contribution >= 0.6 is 0 Å². The lowest BCUT2D eigenvalue weighted by Crippen LogP contribution is -2.23. The molecule has 0 aromatic heterocycles. The average Bonchev–Trinajstić information content (AvgIpc) is 2.21. The van der Waals surface area contributed by atoms with Gasteiger partial charge in [-0.25, -0.2) is 0 Å². The normalized spacial score (nSPS) is 9.50. The van der Waals surface area contributed by atoms with E-state index < -0.39 is 0 Å². The summed E-state index contributed by atoms with van der Waals surface area (Å²) in [5, 5.41) is 5.44. The number of unbranched alkanes of at least 4 members (excludes halogenated alkanes) is 3. The number of amides is 2. The van der Waals surface area contributed by atoms with Gasteiger partial charge < -0.3 is 10.6 Å².